The molecule has 0 amide bonds. The zero-order valence-corrected chi connectivity index (χ0v) is 10.4. The largest absolute Gasteiger partial charge is 0.375 e. The Hall–Kier alpha value is -0.610. The van der Waals surface area contributed by atoms with E-state index in [0.29, 0.717) is 13.1 Å². The van der Waals surface area contributed by atoms with E-state index in [2.05, 4.69) is 0 Å². The summed E-state index contributed by atoms with van der Waals surface area (Å²) in [5, 5.41) is 1.69. The predicted molar refractivity (Wildman–Crippen MR) is 59.6 cm³/mol. The van der Waals surface area contributed by atoms with E-state index in [-0.39, 0.29) is 12.1 Å². The van der Waals surface area contributed by atoms with Crippen molar-refractivity contribution >= 4 is 5.97 Å². The Bertz CT molecular complexity index is 262. The molecule has 0 radical (unpaired) electrons. The molecule has 4 nitrogen and oxygen atoms in total. The van der Waals surface area contributed by atoms with Crippen molar-refractivity contribution in [3.63, 3.8) is 0 Å². The standard InChI is InChI=1S/C12H21NO3/c1-12(2,3)11(14)16-13-6-10(7-13)15-8-9-4-5-9/h9-10H,4-8H2,1-3H3. The van der Waals surface area contributed by atoms with Gasteiger partial charge in [0.25, 0.3) is 0 Å². The lowest BCUT2D eigenvalue weighted by Gasteiger charge is -2.37. The van der Waals surface area contributed by atoms with Crippen molar-refractivity contribution in [3.05, 3.63) is 0 Å². The van der Waals surface area contributed by atoms with Gasteiger partial charge in [-0.1, -0.05) is 0 Å². The summed E-state index contributed by atoms with van der Waals surface area (Å²) in [6, 6.07) is 0. The van der Waals surface area contributed by atoms with E-state index in [1.54, 1.807) is 5.06 Å². The number of nitrogens with zero attached hydrogens (tertiary/aromatic N) is 1. The molecule has 0 aromatic carbocycles. The Morgan fingerprint density at radius 3 is 2.44 bits per heavy atom. The summed E-state index contributed by atoms with van der Waals surface area (Å²) >= 11 is 0. The number of rotatable bonds is 4. The van der Waals surface area contributed by atoms with Crippen LogP contribution in [0.3, 0.4) is 0 Å². The van der Waals surface area contributed by atoms with Crippen molar-refractivity contribution in [2.45, 2.75) is 39.7 Å². The molecule has 0 aromatic rings. The van der Waals surface area contributed by atoms with Gasteiger partial charge in [-0.3, -0.25) is 0 Å². The van der Waals surface area contributed by atoms with E-state index in [0.717, 1.165) is 12.5 Å². The average molecular weight is 227 g/mol. The second-order valence-electron chi connectivity index (χ2n) is 5.87. The van der Waals surface area contributed by atoms with Crippen LogP contribution in [0.4, 0.5) is 0 Å². The van der Waals surface area contributed by atoms with E-state index >= 15 is 0 Å². The molecule has 2 rings (SSSR count). The SMILES string of the molecule is CC(C)(C)C(=O)ON1CC(OCC2CC2)C1. The van der Waals surface area contributed by atoms with Crippen molar-refractivity contribution in [1.82, 2.24) is 5.06 Å². The van der Waals surface area contributed by atoms with Gasteiger partial charge in [0.05, 0.1) is 24.6 Å². The number of carbonyl (C=O) groups excluding carboxylic acids is 1. The summed E-state index contributed by atoms with van der Waals surface area (Å²) in [5.74, 6) is 0.624. The predicted octanol–water partition coefficient (Wildman–Crippen LogP) is 1.60. The molecule has 0 N–H and O–H groups in total. The summed E-state index contributed by atoms with van der Waals surface area (Å²) in [6.45, 7) is 7.89. The highest BCUT2D eigenvalue weighted by molar-refractivity contribution is 5.75. The van der Waals surface area contributed by atoms with Gasteiger partial charge in [0, 0.05) is 6.61 Å². The molecule has 1 aliphatic heterocycles. The summed E-state index contributed by atoms with van der Waals surface area (Å²) < 4.78 is 5.67. The minimum Gasteiger partial charge on any atom is -0.375 e. The van der Waals surface area contributed by atoms with Crippen LogP contribution in [-0.4, -0.2) is 36.8 Å². The number of carbonyl (C=O) groups is 1. The summed E-state index contributed by atoms with van der Waals surface area (Å²) in [5.41, 5.74) is -0.431. The first-order valence-corrected chi connectivity index (χ1v) is 6.04. The molecule has 1 heterocycles. The summed E-state index contributed by atoms with van der Waals surface area (Å²) in [7, 11) is 0. The smallest absolute Gasteiger partial charge is 0.330 e. The highest BCUT2D eigenvalue weighted by atomic mass is 16.7. The fraction of sp³-hybridized carbons (Fsp3) is 0.917. The summed E-state index contributed by atoms with van der Waals surface area (Å²) in [4.78, 5) is 16.8. The highest BCUT2D eigenvalue weighted by Gasteiger charge is 2.35. The van der Waals surface area contributed by atoms with Crippen molar-refractivity contribution in [2.24, 2.45) is 11.3 Å². The van der Waals surface area contributed by atoms with Crippen LogP contribution >= 0.6 is 0 Å². The van der Waals surface area contributed by atoms with Crippen LogP contribution < -0.4 is 0 Å². The summed E-state index contributed by atoms with van der Waals surface area (Å²) in [6.07, 6.45) is 2.89. The first-order chi connectivity index (χ1) is 7.45. The molecular formula is C12H21NO3. The maximum absolute atomic E-state index is 11.5. The van der Waals surface area contributed by atoms with Gasteiger partial charge < -0.3 is 9.57 Å². The van der Waals surface area contributed by atoms with Gasteiger partial charge >= 0.3 is 5.97 Å². The number of hydrogen-bond acceptors (Lipinski definition) is 4. The Morgan fingerprint density at radius 1 is 1.31 bits per heavy atom. The van der Waals surface area contributed by atoms with Gasteiger partial charge in [0.2, 0.25) is 0 Å². The van der Waals surface area contributed by atoms with Crippen LogP contribution in [0.25, 0.3) is 0 Å². The zero-order chi connectivity index (χ0) is 11.8. The highest BCUT2D eigenvalue weighted by Crippen LogP contribution is 2.30. The average Bonchev–Trinajstić information content (AvgIpc) is 2.89. The van der Waals surface area contributed by atoms with Crippen molar-refractivity contribution < 1.29 is 14.4 Å². The first kappa shape index (κ1) is 11.9. The third-order valence-electron chi connectivity index (χ3n) is 2.90. The van der Waals surface area contributed by atoms with E-state index in [1.165, 1.54) is 12.8 Å². The first-order valence-electron chi connectivity index (χ1n) is 6.04. The molecule has 0 bridgehead atoms. The van der Waals surface area contributed by atoms with Gasteiger partial charge in [-0.05, 0) is 39.5 Å². The Kier molecular flexibility index (Phi) is 3.22. The topological polar surface area (TPSA) is 38.8 Å². The van der Waals surface area contributed by atoms with E-state index in [4.69, 9.17) is 9.57 Å². The van der Waals surface area contributed by atoms with Crippen molar-refractivity contribution in [3.8, 4) is 0 Å². The van der Waals surface area contributed by atoms with Crippen molar-refractivity contribution in [1.29, 1.82) is 0 Å². The lowest BCUT2D eigenvalue weighted by molar-refractivity contribution is -0.244. The maximum Gasteiger partial charge on any atom is 0.330 e. The number of hydrogen-bond donors (Lipinski definition) is 0. The molecule has 1 saturated carbocycles. The molecule has 4 heteroatoms. The molecular weight excluding hydrogens is 206 g/mol. The maximum atomic E-state index is 11.5. The monoisotopic (exact) mass is 227 g/mol. The third-order valence-corrected chi connectivity index (χ3v) is 2.90. The van der Waals surface area contributed by atoms with Crippen LogP contribution in [0.2, 0.25) is 0 Å². The molecule has 92 valence electrons. The van der Waals surface area contributed by atoms with Crippen LogP contribution in [0, 0.1) is 11.3 Å². The van der Waals surface area contributed by atoms with E-state index in [1.807, 2.05) is 20.8 Å². The number of ether oxygens (including phenoxy) is 1. The van der Waals surface area contributed by atoms with E-state index in [9.17, 15) is 4.79 Å². The normalized spacial score (nSPS) is 22.9. The van der Waals surface area contributed by atoms with Gasteiger partial charge in [-0.2, -0.15) is 0 Å². The second-order valence-corrected chi connectivity index (χ2v) is 5.87. The minimum atomic E-state index is -0.431. The van der Waals surface area contributed by atoms with Crippen molar-refractivity contribution in [2.75, 3.05) is 19.7 Å². The zero-order valence-electron chi connectivity index (χ0n) is 10.4. The van der Waals surface area contributed by atoms with Crippen LogP contribution in [-0.2, 0) is 14.4 Å². The van der Waals surface area contributed by atoms with Gasteiger partial charge in [0.1, 0.15) is 0 Å². The molecule has 2 aliphatic rings. The van der Waals surface area contributed by atoms with Crippen LogP contribution in [0.15, 0.2) is 0 Å². The van der Waals surface area contributed by atoms with Gasteiger partial charge in [-0.25, -0.2) is 4.79 Å². The second kappa shape index (κ2) is 4.34. The molecule has 0 aromatic heterocycles. The third kappa shape index (κ3) is 3.19. The molecule has 2 fully saturated rings. The molecule has 16 heavy (non-hydrogen) atoms. The molecule has 1 aliphatic carbocycles. The number of hydroxylamine groups is 2. The van der Waals surface area contributed by atoms with Gasteiger partial charge in [-0.15, -0.1) is 5.06 Å². The van der Waals surface area contributed by atoms with Crippen LogP contribution in [0.5, 0.6) is 0 Å². The quantitative estimate of drug-likeness (QED) is 0.731. The molecule has 0 spiro atoms. The Balaban J connectivity index is 1.59. The molecule has 0 unspecified atom stereocenters. The Labute approximate surface area is 96.8 Å². The minimum absolute atomic E-state index is 0.173. The molecule has 1 saturated heterocycles. The fourth-order valence-corrected chi connectivity index (χ4v) is 1.39. The fourth-order valence-electron chi connectivity index (χ4n) is 1.39. The van der Waals surface area contributed by atoms with Crippen LogP contribution in [0.1, 0.15) is 33.6 Å². The Morgan fingerprint density at radius 2 is 1.94 bits per heavy atom. The lowest BCUT2D eigenvalue weighted by atomic mass is 9.98. The van der Waals surface area contributed by atoms with E-state index < -0.39 is 5.41 Å². The van der Waals surface area contributed by atoms with Gasteiger partial charge in [0.15, 0.2) is 0 Å². The molecule has 0 atom stereocenters. The lowest BCUT2D eigenvalue weighted by Crippen LogP contribution is -2.53.